The van der Waals surface area contributed by atoms with Crippen LogP contribution in [0.15, 0.2) is 48.7 Å². The highest BCUT2D eigenvalue weighted by molar-refractivity contribution is 6.48. The Labute approximate surface area is 225 Å². The van der Waals surface area contributed by atoms with Crippen LogP contribution < -0.4 is 20.4 Å². The highest BCUT2D eigenvalue weighted by atomic mass is 16.3. The monoisotopic (exact) mass is 526 g/mol. The minimum atomic E-state index is -0.838. The number of hydrogen-bond donors (Lipinski definition) is 4. The van der Waals surface area contributed by atoms with Crippen molar-refractivity contribution in [1.29, 1.82) is 0 Å². The number of rotatable bonds is 7. The number of aromatic hydroxyl groups is 1. The van der Waals surface area contributed by atoms with Crippen LogP contribution in [0, 0.1) is 0 Å². The van der Waals surface area contributed by atoms with Crippen LogP contribution in [0.3, 0.4) is 0 Å². The molecule has 0 radical (unpaired) electrons. The van der Waals surface area contributed by atoms with E-state index in [0.717, 1.165) is 57.4 Å². The summed E-state index contributed by atoms with van der Waals surface area (Å²) in [4.78, 5) is 46.9. The minimum Gasteiger partial charge on any atom is -0.506 e. The van der Waals surface area contributed by atoms with Gasteiger partial charge in [-0.05, 0) is 50.3 Å². The molecule has 2 aromatic heterocycles. The Kier molecular flexibility index (Phi) is 6.70. The van der Waals surface area contributed by atoms with Gasteiger partial charge < -0.3 is 30.5 Å². The zero-order valence-corrected chi connectivity index (χ0v) is 21.5. The number of anilines is 5. The number of ketones is 1. The van der Waals surface area contributed by atoms with E-state index in [2.05, 4.69) is 35.4 Å². The summed E-state index contributed by atoms with van der Waals surface area (Å²) in [6.07, 6.45) is 7.16. The van der Waals surface area contributed by atoms with E-state index in [4.69, 9.17) is 4.98 Å². The lowest BCUT2D eigenvalue weighted by Gasteiger charge is -2.27. The standard InChI is InChI=1S/C28H30N8O3/c37-23-16-18(10-11-22(23)31-25(39)24(38)20-17-29-21-9-3-2-8-19(20)21)30-26-32-27(35-12-4-1-5-13-35)34-28(33-26)36-14-6-7-15-36/h2-3,8-11,16-17,29,37H,1,4-7,12-15H2,(H,31,39)(H,30,32,33,34). The van der Waals surface area contributed by atoms with E-state index < -0.39 is 11.7 Å². The molecule has 1 amide bonds. The highest BCUT2D eigenvalue weighted by Crippen LogP contribution is 2.30. The fourth-order valence-corrected chi connectivity index (χ4v) is 5.11. The number of para-hydroxylation sites is 1. The highest BCUT2D eigenvalue weighted by Gasteiger charge is 2.23. The third-order valence-corrected chi connectivity index (χ3v) is 7.18. The van der Waals surface area contributed by atoms with Gasteiger partial charge in [-0.25, -0.2) is 0 Å². The van der Waals surface area contributed by atoms with Crippen LogP contribution in [0.1, 0.15) is 42.5 Å². The van der Waals surface area contributed by atoms with Gasteiger partial charge in [-0.1, -0.05) is 18.2 Å². The van der Waals surface area contributed by atoms with Gasteiger partial charge in [-0.3, -0.25) is 9.59 Å². The van der Waals surface area contributed by atoms with Gasteiger partial charge in [-0.15, -0.1) is 0 Å². The van der Waals surface area contributed by atoms with E-state index in [-0.39, 0.29) is 17.0 Å². The van der Waals surface area contributed by atoms with Crippen LogP contribution in [0.5, 0.6) is 5.75 Å². The van der Waals surface area contributed by atoms with Gasteiger partial charge in [0.25, 0.3) is 11.7 Å². The van der Waals surface area contributed by atoms with Crippen molar-refractivity contribution in [2.24, 2.45) is 0 Å². The quantitative estimate of drug-likeness (QED) is 0.158. The van der Waals surface area contributed by atoms with Crippen LogP contribution in [0.25, 0.3) is 10.9 Å². The zero-order valence-electron chi connectivity index (χ0n) is 21.5. The average molecular weight is 527 g/mol. The number of piperidine rings is 1. The molecule has 6 rings (SSSR count). The number of hydrogen-bond acceptors (Lipinski definition) is 9. The minimum absolute atomic E-state index is 0.126. The van der Waals surface area contributed by atoms with Crippen molar-refractivity contribution in [1.82, 2.24) is 19.9 Å². The zero-order chi connectivity index (χ0) is 26.8. The molecule has 0 unspecified atom stereocenters. The molecule has 11 heteroatoms. The van der Waals surface area contributed by atoms with E-state index in [1.54, 1.807) is 18.2 Å². The number of nitrogens with one attached hydrogen (secondary N) is 3. The summed E-state index contributed by atoms with van der Waals surface area (Å²) in [7, 11) is 0. The molecule has 2 aromatic carbocycles. The van der Waals surface area contributed by atoms with Crippen molar-refractivity contribution < 1.29 is 14.7 Å². The first-order valence-electron chi connectivity index (χ1n) is 13.3. The van der Waals surface area contributed by atoms with Gasteiger partial charge >= 0.3 is 0 Å². The van der Waals surface area contributed by atoms with Crippen LogP contribution in [0.2, 0.25) is 0 Å². The Morgan fingerprint density at radius 2 is 1.51 bits per heavy atom. The number of Topliss-reactive ketones (excluding diaryl/α,β-unsaturated/α-hetero) is 1. The summed E-state index contributed by atoms with van der Waals surface area (Å²) < 4.78 is 0. The van der Waals surface area contributed by atoms with Gasteiger partial charge in [0.2, 0.25) is 17.8 Å². The van der Waals surface area contributed by atoms with E-state index in [1.807, 2.05) is 12.1 Å². The number of nitrogens with zero attached hydrogens (tertiary/aromatic N) is 5. The number of H-pyrrole nitrogens is 1. The van der Waals surface area contributed by atoms with Gasteiger partial charge in [0.1, 0.15) is 5.75 Å². The molecule has 39 heavy (non-hydrogen) atoms. The number of aromatic nitrogens is 4. The fraction of sp³-hybridized carbons (Fsp3) is 0.321. The molecule has 0 atom stereocenters. The SMILES string of the molecule is O=C(Nc1ccc(Nc2nc(N3CCCCC3)nc(N3CCCC3)n2)cc1O)C(=O)c1c[nH]c2ccccc12. The number of fused-ring (bicyclic) bond motifs is 1. The summed E-state index contributed by atoms with van der Waals surface area (Å²) in [5, 5.41) is 17.0. The van der Waals surface area contributed by atoms with Crippen molar-refractivity contribution in [3.63, 3.8) is 0 Å². The molecule has 0 saturated carbocycles. The van der Waals surface area contributed by atoms with E-state index in [9.17, 15) is 14.7 Å². The average Bonchev–Trinajstić information content (AvgIpc) is 3.65. The molecule has 4 N–H and O–H groups in total. The van der Waals surface area contributed by atoms with Crippen molar-refractivity contribution in [2.45, 2.75) is 32.1 Å². The molecule has 0 bridgehead atoms. The van der Waals surface area contributed by atoms with Gasteiger partial charge in [0.15, 0.2) is 0 Å². The van der Waals surface area contributed by atoms with Crippen molar-refractivity contribution >= 4 is 51.8 Å². The molecule has 4 aromatic rings. The van der Waals surface area contributed by atoms with Crippen molar-refractivity contribution in [3.05, 3.63) is 54.2 Å². The van der Waals surface area contributed by atoms with E-state index in [1.165, 1.54) is 24.8 Å². The van der Waals surface area contributed by atoms with Crippen LogP contribution in [-0.4, -0.2) is 62.9 Å². The number of phenols is 1. The third kappa shape index (κ3) is 5.20. The Morgan fingerprint density at radius 1 is 0.846 bits per heavy atom. The molecule has 200 valence electrons. The molecule has 2 aliphatic heterocycles. The van der Waals surface area contributed by atoms with E-state index in [0.29, 0.717) is 28.9 Å². The largest absolute Gasteiger partial charge is 0.506 e. The molecule has 11 nitrogen and oxygen atoms in total. The van der Waals surface area contributed by atoms with Crippen LogP contribution in [-0.2, 0) is 4.79 Å². The fourth-order valence-electron chi connectivity index (χ4n) is 5.11. The predicted molar refractivity (Wildman–Crippen MR) is 150 cm³/mol. The first-order valence-corrected chi connectivity index (χ1v) is 13.3. The van der Waals surface area contributed by atoms with Gasteiger partial charge in [-0.2, -0.15) is 15.0 Å². The normalized spacial score (nSPS) is 15.5. The van der Waals surface area contributed by atoms with Gasteiger partial charge in [0, 0.05) is 55.0 Å². The second kappa shape index (κ2) is 10.6. The summed E-state index contributed by atoms with van der Waals surface area (Å²) in [5.74, 6) is -0.0376. The topological polar surface area (TPSA) is 139 Å². The predicted octanol–water partition coefficient (Wildman–Crippen LogP) is 4.21. The number of phenolic OH excluding ortho intramolecular Hbond substituents is 1. The lowest BCUT2D eigenvalue weighted by molar-refractivity contribution is -0.112. The number of carbonyl (C=O) groups is 2. The Balaban J connectivity index is 1.19. The van der Waals surface area contributed by atoms with Crippen LogP contribution in [0.4, 0.5) is 29.2 Å². The Morgan fingerprint density at radius 3 is 2.21 bits per heavy atom. The second-order valence-electron chi connectivity index (χ2n) is 9.89. The first kappa shape index (κ1) is 24.7. The van der Waals surface area contributed by atoms with E-state index >= 15 is 0 Å². The molecule has 2 fully saturated rings. The number of aromatic amines is 1. The molecule has 0 spiro atoms. The van der Waals surface area contributed by atoms with Crippen LogP contribution >= 0.6 is 0 Å². The molecular weight excluding hydrogens is 496 g/mol. The molecule has 4 heterocycles. The summed E-state index contributed by atoms with van der Waals surface area (Å²) in [5.41, 5.74) is 1.70. The molecular formula is C28H30N8O3. The third-order valence-electron chi connectivity index (χ3n) is 7.18. The maximum absolute atomic E-state index is 12.8. The lowest BCUT2D eigenvalue weighted by atomic mass is 10.1. The lowest BCUT2D eigenvalue weighted by Crippen LogP contribution is -2.32. The first-order chi connectivity index (χ1) is 19.0. The maximum atomic E-state index is 12.8. The second-order valence-corrected chi connectivity index (χ2v) is 9.89. The summed E-state index contributed by atoms with van der Waals surface area (Å²) >= 11 is 0. The summed E-state index contributed by atoms with van der Waals surface area (Å²) in [6.45, 7) is 3.65. The molecule has 2 saturated heterocycles. The molecule has 2 aliphatic rings. The van der Waals surface area contributed by atoms with Crippen molar-refractivity contribution in [2.75, 3.05) is 46.6 Å². The molecule has 0 aliphatic carbocycles. The number of carbonyl (C=O) groups excluding carboxylic acids is 2. The Hall–Kier alpha value is -4.67. The van der Waals surface area contributed by atoms with Crippen molar-refractivity contribution in [3.8, 4) is 5.75 Å². The summed E-state index contributed by atoms with van der Waals surface area (Å²) in [6, 6.07) is 11.9. The smallest absolute Gasteiger partial charge is 0.296 e. The Bertz CT molecular complexity index is 1520. The maximum Gasteiger partial charge on any atom is 0.296 e. The number of benzene rings is 2. The van der Waals surface area contributed by atoms with Gasteiger partial charge in [0.05, 0.1) is 11.3 Å². The number of amides is 1.